The fraction of sp³-hybridized carbons (Fsp3) is 0.400. The SMILES string of the molecule is CC[C@H](F)c1ccc(S(C)(=O)=O)cc1. The summed E-state index contributed by atoms with van der Waals surface area (Å²) >= 11 is 0. The second kappa shape index (κ2) is 4.09. The second-order valence-corrected chi connectivity index (χ2v) is 5.23. The summed E-state index contributed by atoms with van der Waals surface area (Å²) in [7, 11) is -3.17. The summed E-state index contributed by atoms with van der Waals surface area (Å²) in [6.07, 6.45) is 0.524. The van der Waals surface area contributed by atoms with Gasteiger partial charge in [0.05, 0.1) is 4.90 Å². The number of halogens is 1. The normalized spacial score (nSPS) is 13.9. The molecule has 0 spiro atoms. The average Bonchev–Trinajstić information content (AvgIpc) is 2.15. The molecule has 0 aliphatic rings. The zero-order chi connectivity index (χ0) is 10.8. The molecule has 0 aliphatic carbocycles. The van der Waals surface area contributed by atoms with Crippen LogP contribution in [0.5, 0.6) is 0 Å². The van der Waals surface area contributed by atoms with Crippen LogP contribution in [0.25, 0.3) is 0 Å². The molecular weight excluding hydrogens is 203 g/mol. The van der Waals surface area contributed by atoms with E-state index in [1.807, 2.05) is 0 Å². The van der Waals surface area contributed by atoms with Gasteiger partial charge >= 0.3 is 0 Å². The topological polar surface area (TPSA) is 34.1 Å². The molecule has 0 fully saturated rings. The fourth-order valence-corrected chi connectivity index (χ4v) is 1.79. The Morgan fingerprint density at radius 1 is 1.29 bits per heavy atom. The van der Waals surface area contributed by atoms with E-state index in [-0.39, 0.29) is 4.90 Å². The summed E-state index contributed by atoms with van der Waals surface area (Å²) in [4.78, 5) is 0.226. The Morgan fingerprint density at radius 3 is 2.14 bits per heavy atom. The fourth-order valence-electron chi connectivity index (χ4n) is 1.16. The zero-order valence-corrected chi connectivity index (χ0v) is 9.01. The first-order valence-electron chi connectivity index (χ1n) is 4.39. The van der Waals surface area contributed by atoms with Crippen molar-refractivity contribution in [2.45, 2.75) is 24.4 Å². The molecule has 0 saturated heterocycles. The third kappa shape index (κ3) is 2.54. The molecule has 0 unspecified atom stereocenters. The van der Waals surface area contributed by atoms with Crippen molar-refractivity contribution in [3.05, 3.63) is 29.8 Å². The molecule has 0 radical (unpaired) electrons. The predicted octanol–water partition coefficient (Wildman–Crippen LogP) is 2.51. The van der Waals surface area contributed by atoms with Gasteiger partial charge in [-0.1, -0.05) is 19.1 Å². The molecule has 1 atom stereocenters. The number of hydrogen-bond acceptors (Lipinski definition) is 2. The maximum atomic E-state index is 13.1. The van der Waals surface area contributed by atoms with Gasteiger partial charge in [-0.2, -0.15) is 0 Å². The molecular formula is C10H13FO2S. The quantitative estimate of drug-likeness (QED) is 0.778. The lowest BCUT2D eigenvalue weighted by atomic mass is 10.1. The predicted molar refractivity (Wildman–Crippen MR) is 53.7 cm³/mol. The smallest absolute Gasteiger partial charge is 0.175 e. The van der Waals surface area contributed by atoms with Gasteiger partial charge in [-0.25, -0.2) is 12.8 Å². The highest BCUT2D eigenvalue weighted by Gasteiger charge is 2.09. The van der Waals surface area contributed by atoms with E-state index in [1.165, 1.54) is 24.3 Å². The van der Waals surface area contributed by atoms with Crippen LogP contribution in [0.2, 0.25) is 0 Å². The molecule has 1 aromatic carbocycles. The van der Waals surface area contributed by atoms with Crippen molar-refractivity contribution >= 4 is 9.84 Å². The van der Waals surface area contributed by atoms with Crippen LogP contribution in [0.4, 0.5) is 4.39 Å². The summed E-state index contributed by atoms with van der Waals surface area (Å²) in [5, 5.41) is 0. The third-order valence-corrected chi connectivity index (χ3v) is 3.16. The number of sulfone groups is 1. The lowest BCUT2D eigenvalue weighted by Gasteiger charge is -2.05. The Balaban J connectivity index is 3.01. The molecule has 78 valence electrons. The summed E-state index contributed by atoms with van der Waals surface area (Å²) in [6, 6.07) is 5.91. The Kier molecular flexibility index (Phi) is 3.26. The summed E-state index contributed by atoms with van der Waals surface area (Å²) in [5.74, 6) is 0. The lowest BCUT2D eigenvalue weighted by Crippen LogP contribution is -1.97. The van der Waals surface area contributed by atoms with Gasteiger partial charge in [-0.05, 0) is 24.1 Å². The first-order valence-corrected chi connectivity index (χ1v) is 6.28. The average molecular weight is 216 g/mol. The molecule has 1 rings (SSSR count). The standard InChI is InChI=1S/C10H13FO2S/c1-3-10(11)8-4-6-9(7-5-8)14(2,12)13/h4-7,10H,3H2,1-2H3/t10-/m0/s1. The Morgan fingerprint density at radius 2 is 1.79 bits per heavy atom. The van der Waals surface area contributed by atoms with E-state index in [0.29, 0.717) is 12.0 Å². The molecule has 0 aliphatic heterocycles. The van der Waals surface area contributed by atoms with Gasteiger partial charge in [-0.15, -0.1) is 0 Å². The van der Waals surface area contributed by atoms with E-state index >= 15 is 0 Å². The van der Waals surface area contributed by atoms with Crippen molar-refractivity contribution < 1.29 is 12.8 Å². The maximum absolute atomic E-state index is 13.1. The molecule has 0 amide bonds. The summed E-state index contributed by atoms with van der Waals surface area (Å²) in [6.45, 7) is 1.75. The Bertz CT molecular complexity index is 395. The number of rotatable bonds is 3. The molecule has 0 heterocycles. The minimum Gasteiger partial charge on any atom is -0.242 e. The van der Waals surface area contributed by atoms with Crippen molar-refractivity contribution in [3.8, 4) is 0 Å². The van der Waals surface area contributed by atoms with E-state index in [1.54, 1.807) is 6.92 Å². The Labute approximate surface area is 83.7 Å². The molecule has 4 heteroatoms. The van der Waals surface area contributed by atoms with Crippen molar-refractivity contribution in [3.63, 3.8) is 0 Å². The largest absolute Gasteiger partial charge is 0.242 e. The lowest BCUT2D eigenvalue weighted by molar-refractivity contribution is 0.334. The van der Waals surface area contributed by atoms with E-state index in [2.05, 4.69) is 0 Å². The van der Waals surface area contributed by atoms with Crippen LogP contribution in [-0.4, -0.2) is 14.7 Å². The van der Waals surface area contributed by atoms with Crippen molar-refractivity contribution in [2.75, 3.05) is 6.26 Å². The highest BCUT2D eigenvalue weighted by atomic mass is 32.2. The Hall–Kier alpha value is -0.900. The van der Waals surface area contributed by atoms with Crippen LogP contribution in [0, 0.1) is 0 Å². The van der Waals surface area contributed by atoms with Crippen LogP contribution < -0.4 is 0 Å². The monoisotopic (exact) mass is 216 g/mol. The first kappa shape index (κ1) is 11.2. The molecule has 0 N–H and O–H groups in total. The van der Waals surface area contributed by atoms with Crippen LogP contribution in [0.1, 0.15) is 25.1 Å². The highest BCUT2D eigenvalue weighted by Crippen LogP contribution is 2.21. The van der Waals surface area contributed by atoms with Gasteiger partial charge < -0.3 is 0 Å². The minimum atomic E-state index is -3.17. The van der Waals surface area contributed by atoms with Crippen LogP contribution in [-0.2, 0) is 9.84 Å². The van der Waals surface area contributed by atoms with E-state index in [0.717, 1.165) is 6.26 Å². The summed E-state index contributed by atoms with van der Waals surface area (Å²) < 4.78 is 35.3. The van der Waals surface area contributed by atoms with E-state index in [4.69, 9.17) is 0 Å². The van der Waals surface area contributed by atoms with Crippen LogP contribution in [0.3, 0.4) is 0 Å². The summed E-state index contributed by atoms with van der Waals surface area (Å²) in [5.41, 5.74) is 0.528. The van der Waals surface area contributed by atoms with E-state index < -0.39 is 16.0 Å². The van der Waals surface area contributed by atoms with Gasteiger partial charge in [0, 0.05) is 6.26 Å². The molecule has 2 nitrogen and oxygen atoms in total. The van der Waals surface area contributed by atoms with Crippen molar-refractivity contribution in [2.24, 2.45) is 0 Å². The maximum Gasteiger partial charge on any atom is 0.175 e. The molecule has 14 heavy (non-hydrogen) atoms. The first-order chi connectivity index (χ1) is 6.45. The van der Waals surface area contributed by atoms with Gasteiger partial charge in [0.25, 0.3) is 0 Å². The van der Waals surface area contributed by atoms with Gasteiger partial charge in [0.15, 0.2) is 9.84 Å². The molecule has 0 saturated carbocycles. The van der Waals surface area contributed by atoms with E-state index in [9.17, 15) is 12.8 Å². The van der Waals surface area contributed by atoms with Gasteiger partial charge in [0.2, 0.25) is 0 Å². The van der Waals surface area contributed by atoms with Gasteiger partial charge in [-0.3, -0.25) is 0 Å². The van der Waals surface area contributed by atoms with Crippen molar-refractivity contribution in [1.29, 1.82) is 0 Å². The second-order valence-electron chi connectivity index (χ2n) is 3.22. The zero-order valence-electron chi connectivity index (χ0n) is 8.20. The number of alkyl halides is 1. The molecule has 0 bridgehead atoms. The minimum absolute atomic E-state index is 0.226. The van der Waals surface area contributed by atoms with Crippen LogP contribution in [0.15, 0.2) is 29.2 Å². The van der Waals surface area contributed by atoms with Crippen LogP contribution >= 0.6 is 0 Å². The number of benzene rings is 1. The highest BCUT2D eigenvalue weighted by molar-refractivity contribution is 7.90. The number of hydrogen-bond donors (Lipinski definition) is 0. The molecule has 0 aromatic heterocycles. The van der Waals surface area contributed by atoms with Crippen molar-refractivity contribution in [1.82, 2.24) is 0 Å². The third-order valence-electron chi connectivity index (χ3n) is 2.03. The van der Waals surface area contributed by atoms with Gasteiger partial charge in [0.1, 0.15) is 6.17 Å². The molecule has 1 aromatic rings.